The van der Waals surface area contributed by atoms with Gasteiger partial charge >= 0.3 is 0 Å². The van der Waals surface area contributed by atoms with Crippen LogP contribution in [-0.2, 0) is 6.54 Å². The molecular formula is C25H33N3O. The lowest BCUT2D eigenvalue weighted by Crippen LogP contribution is -2.32. The fourth-order valence-electron chi connectivity index (χ4n) is 4.40. The molecule has 2 aliphatic rings. The summed E-state index contributed by atoms with van der Waals surface area (Å²) in [7, 11) is 0. The van der Waals surface area contributed by atoms with Crippen LogP contribution >= 0.6 is 0 Å². The number of rotatable bonds is 5. The van der Waals surface area contributed by atoms with E-state index in [1.165, 1.54) is 56.4 Å². The van der Waals surface area contributed by atoms with Gasteiger partial charge in [-0.25, -0.2) is 0 Å². The lowest BCUT2D eigenvalue weighted by Gasteiger charge is -2.30. The fourth-order valence-corrected chi connectivity index (χ4v) is 4.40. The van der Waals surface area contributed by atoms with Gasteiger partial charge in [-0.3, -0.25) is 9.69 Å². The zero-order chi connectivity index (χ0) is 20.1. The third kappa shape index (κ3) is 5.39. The minimum atomic E-state index is -0.0425. The second-order valence-corrected chi connectivity index (χ2v) is 8.71. The van der Waals surface area contributed by atoms with Crippen molar-refractivity contribution in [3.05, 3.63) is 59.7 Å². The van der Waals surface area contributed by atoms with Crippen molar-refractivity contribution in [2.45, 2.75) is 45.6 Å². The number of nitrogens with one attached hydrogen (secondary N) is 1. The Morgan fingerprint density at radius 2 is 1.69 bits per heavy atom. The molecule has 154 valence electrons. The van der Waals surface area contributed by atoms with E-state index in [1.54, 1.807) is 0 Å². The van der Waals surface area contributed by atoms with Crippen molar-refractivity contribution in [1.82, 2.24) is 4.90 Å². The van der Waals surface area contributed by atoms with E-state index in [2.05, 4.69) is 46.3 Å². The van der Waals surface area contributed by atoms with Crippen molar-refractivity contribution in [3.8, 4) is 0 Å². The maximum Gasteiger partial charge on any atom is 0.255 e. The second-order valence-electron chi connectivity index (χ2n) is 8.71. The molecule has 0 spiro atoms. The molecule has 2 aromatic carbocycles. The maximum atomic E-state index is 12.7. The van der Waals surface area contributed by atoms with Crippen molar-refractivity contribution in [1.29, 1.82) is 0 Å². The number of amides is 1. The van der Waals surface area contributed by atoms with Gasteiger partial charge in [-0.05, 0) is 93.1 Å². The third-order valence-corrected chi connectivity index (χ3v) is 6.32. The summed E-state index contributed by atoms with van der Waals surface area (Å²) in [4.78, 5) is 17.6. The predicted octanol–water partition coefficient (Wildman–Crippen LogP) is 5.16. The first-order chi connectivity index (χ1) is 14.2. The molecule has 0 unspecified atom stereocenters. The number of carbonyl (C=O) groups excluding carboxylic acids is 1. The second kappa shape index (κ2) is 9.45. The summed E-state index contributed by atoms with van der Waals surface area (Å²) in [6, 6.07) is 16.3. The topological polar surface area (TPSA) is 35.6 Å². The summed E-state index contributed by atoms with van der Waals surface area (Å²) >= 11 is 0. The smallest absolute Gasteiger partial charge is 0.255 e. The highest BCUT2D eigenvalue weighted by atomic mass is 16.1. The van der Waals surface area contributed by atoms with E-state index >= 15 is 0 Å². The first-order valence-electron chi connectivity index (χ1n) is 11.1. The van der Waals surface area contributed by atoms with E-state index in [0.717, 1.165) is 31.2 Å². The lowest BCUT2D eigenvalue weighted by molar-refractivity contribution is 0.102. The molecule has 0 bridgehead atoms. The Morgan fingerprint density at radius 1 is 0.966 bits per heavy atom. The molecule has 1 N–H and O–H groups in total. The maximum absolute atomic E-state index is 12.7. The summed E-state index contributed by atoms with van der Waals surface area (Å²) in [5.41, 5.74) is 4.07. The molecular weight excluding hydrogens is 358 g/mol. The predicted molar refractivity (Wildman–Crippen MR) is 121 cm³/mol. The molecule has 2 saturated heterocycles. The molecule has 4 heteroatoms. The molecule has 4 nitrogen and oxygen atoms in total. The van der Waals surface area contributed by atoms with Gasteiger partial charge in [-0.1, -0.05) is 19.1 Å². The molecule has 2 heterocycles. The molecule has 4 rings (SSSR count). The highest BCUT2D eigenvalue weighted by molar-refractivity contribution is 6.04. The Balaban J connectivity index is 1.35. The van der Waals surface area contributed by atoms with Crippen LogP contribution in [0.4, 0.5) is 11.4 Å². The quantitative estimate of drug-likeness (QED) is 0.764. The van der Waals surface area contributed by atoms with E-state index in [4.69, 9.17) is 0 Å². The summed E-state index contributed by atoms with van der Waals surface area (Å²) in [5.74, 6) is 0.803. The normalized spacial score (nSPS) is 18.6. The van der Waals surface area contributed by atoms with Crippen LogP contribution in [0, 0.1) is 5.92 Å². The van der Waals surface area contributed by atoms with Gasteiger partial charge in [0, 0.05) is 36.6 Å². The van der Waals surface area contributed by atoms with Crippen LogP contribution in [0.3, 0.4) is 0 Å². The van der Waals surface area contributed by atoms with Crippen molar-refractivity contribution in [2.24, 2.45) is 5.92 Å². The number of benzene rings is 2. The van der Waals surface area contributed by atoms with Gasteiger partial charge in [-0.15, -0.1) is 0 Å². The monoisotopic (exact) mass is 391 g/mol. The van der Waals surface area contributed by atoms with E-state index in [9.17, 15) is 4.79 Å². The summed E-state index contributed by atoms with van der Waals surface area (Å²) < 4.78 is 0. The molecule has 0 aliphatic carbocycles. The molecule has 0 aromatic heterocycles. The Morgan fingerprint density at radius 3 is 2.41 bits per heavy atom. The van der Waals surface area contributed by atoms with Crippen LogP contribution in [0.25, 0.3) is 0 Å². The van der Waals surface area contributed by atoms with Gasteiger partial charge in [0.1, 0.15) is 0 Å². The fraction of sp³-hybridized carbons (Fsp3) is 0.480. The molecule has 29 heavy (non-hydrogen) atoms. The van der Waals surface area contributed by atoms with Crippen LogP contribution in [0.1, 0.15) is 54.9 Å². The van der Waals surface area contributed by atoms with Crippen LogP contribution in [0.15, 0.2) is 48.5 Å². The SMILES string of the molecule is CC1CCN(Cc2cccc(NC(=O)c3ccc(N4CCCCC4)cc3)c2)CC1. The largest absolute Gasteiger partial charge is 0.372 e. The molecule has 2 fully saturated rings. The Hall–Kier alpha value is -2.33. The zero-order valence-corrected chi connectivity index (χ0v) is 17.6. The van der Waals surface area contributed by atoms with Crippen LogP contribution in [0.2, 0.25) is 0 Å². The number of carbonyl (C=O) groups is 1. The van der Waals surface area contributed by atoms with Crippen molar-refractivity contribution >= 4 is 17.3 Å². The molecule has 0 radical (unpaired) electrons. The van der Waals surface area contributed by atoms with E-state index < -0.39 is 0 Å². The van der Waals surface area contributed by atoms with Gasteiger partial charge in [0.25, 0.3) is 5.91 Å². The number of likely N-dealkylation sites (tertiary alicyclic amines) is 1. The van der Waals surface area contributed by atoms with Gasteiger partial charge < -0.3 is 10.2 Å². The summed E-state index contributed by atoms with van der Waals surface area (Å²) in [6.45, 7) is 7.87. The highest BCUT2D eigenvalue weighted by Crippen LogP contribution is 2.22. The van der Waals surface area contributed by atoms with Crippen molar-refractivity contribution in [3.63, 3.8) is 0 Å². The van der Waals surface area contributed by atoms with Gasteiger partial charge in [-0.2, -0.15) is 0 Å². The third-order valence-electron chi connectivity index (χ3n) is 6.32. The molecule has 0 saturated carbocycles. The average molecular weight is 392 g/mol. The van der Waals surface area contributed by atoms with Crippen LogP contribution in [0.5, 0.6) is 0 Å². The Bertz CT molecular complexity index is 803. The Kier molecular flexibility index (Phi) is 6.50. The van der Waals surface area contributed by atoms with E-state index in [1.807, 2.05) is 24.3 Å². The molecule has 2 aliphatic heterocycles. The average Bonchev–Trinajstić information content (AvgIpc) is 2.76. The Labute approximate surface area is 174 Å². The number of anilines is 2. The molecule has 2 aromatic rings. The first-order valence-corrected chi connectivity index (χ1v) is 11.1. The zero-order valence-electron chi connectivity index (χ0n) is 17.6. The number of hydrogen-bond acceptors (Lipinski definition) is 3. The molecule has 0 atom stereocenters. The molecule has 1 amide bonds. The summed E-state index contributed by atoms with van der Waals surface area (Å²) in [5, 5.41) is 3.07. The van der Waals surface area contributed by atoms with Crippen molar-refractivity contribution in [2.75, 3.05) is 36.4 Å². The van der Waals surface area contributed by atoms with Crippen molar-refractivity contribution < 1.29 is 4.79 Å². The standard InChI is InChI=1S/C25H33N3O/c1-20-12-16-27(17-13-20)19-21-6-5-7-23(18-21)26-25(29)22-8-10-24(11-9-22)28-14-3-2-4-15-28/h5-11,18,20H,2-4,12-17,19H2,1H3,(H,26,29). The van der Waals surface area contributed by atoms with Crippen LogP contribution in [-0.4, -0.2) is 37.0 Å². The number of nitrogens with zero attached hydrogens (tertiary/aromatic N) is 2. The minimum absolute atomic E-state index is 0.0425. The van der Waals surface area contributed by atoms with Gasteiger partial charge in [0.05, 0.1) is 0 Å². The number of hydrogen-bond donors (Lipinski definition) is 1. The van der Waals surface area contributed by atoms with Gasteiger partial charge in [0.15, 0.2) is 0 Å². The first kappa shape index (κ1) is 20.0. The van der Waals surface area contributed by atoms with Crippen LogP contribution < -0.4 is 10.2 Å². The minimum Gasteiger partial charge on any atom is -0.372 e. The number of piperidine rings is 2. The van der Waals surface area contributed by atoms with Gasteiger partial charge in [0.2, 0.25) is 0 Å². The summed E-state index contributed by atoms with van der Waals surface area (Å²) in [6.07, 6.45) is 6.41. The van der Waals surface area contributed by atoms with E-state index in [-0.39, 0.29) is 5.91 Å². The lowest BCUT2D eigenvalue weighted by atomic mass is 9.99. The van der Waals surface area contributed by atoms with E-state index in [0.29, 0.717) is 5.56 Å². The highest BCUT2D eigenvalue weighted by Gasteiger charge is 2.16.